The SMILES string of the molecule is Cc1cc(C)c(NC(C)c2ccc(N(C)C)cc2)c(C)c1. The normalized spacial score (nSPS) is 12.1. The minimum Gasteiger partial charge on any atom is -0.378 e. The molecule has 2 nitrogen and oxygen atoms in total. The van der Waals surface area contributed by atoms with Crippen LogP contribution in [0.2, 0.25) is 0 Å². The highest BCUT2D eigenvalue weighted by Gasteiger charge is 2.09. The molecule has 2 aromatic rings. The summed E-state index contributed by atoms with van der Waals surface area (Å²) in [5.74, 6) is 0. The fourth-order valence-electron chi connectivity index (χ4n) is 2.77. The van der Waals surface area contributed by atoms with Crippen molar-refractivity contribution < 1.29 is 0 Å². The van der Waals surface area contributed by atoms with E-state index in [0.717, 1.165) is 0 Å². The lowest BCUT2D eigenvalue weighted by atomic mass is 10.0. The highest BCUT2D eigenvalue weighted by Crippen LogP contribution is 2.27. The first-order valence-electron chi connectivity index (χ1n) is 7.50. The lowest BCUT2D eigenvalue weighted by molar-refractivity contribution is 0.879. The third-order valence-electron chi connectivity index (χ3n) is 3.95. The van der Waals surface area contributed by atoms with Crippen LogP contribution in [0.15, 0.2) is 36.4 Å². The van der Waals surface area contributed by atoms with Crippen molar-refractivity contribution in [3.63, 3.8) is 0 Å². The Morgan fingerprint density at radius 1 is 0.905 bits per heavy atom. The molecule has 0 aliphatic heterocycles. The minimum absolute atomic E-state index is 0.293. The first-order chi connectivity index (χ1) is 9.88. The molecule has 0 aliphatic carbocycles. The second-order valence-electron chi connectivity index (χ2n) is 6.13. The predicted molar refractivity (Wildman–Crippen MR) is 93.5 cm³/mol. The third-order valence-corrected chi connectivity index (χ3v) is 3.95. The van der Waals surface area contributed by atoms with Gasteiger partial charge in [-0.15, -0.1) is 0 Å². The third kappa shape index (κ3) is 3.57. The zero-order chi connectivity index (χ0) is 15.6. The van der Waals surface area contributed by atoms with Crippen molar-refractivity contribution in [1.29, 1.82) is 0 Å². The molecule has 0 heterocycles. The summed E-state index contributed by atoms with van der Waals surface area (Å²) in [6.07, 6.45) is 0. The lowest BCUT2D eigenvalue weighted by Gasteiger charge is -2.21. The molecule has 0 bridgehead atoms. The number of hydrogen-bond acceptors (Lipinski definition) is 2. The average Bonchev–Trinajstić information content (AvgIpc) is 2.42. The van der Waals surface area contributed by atoms with Crippen LogP contribution < -0.4 is 10.2 Å². The van der Waals surface area contributed by atoms with Crippen molar-refractivity contribution in [2.75, 3.05) is 24.3 Å². The fraction of sp³-hybridized carbons (Fsp3) is 0.368. The van der Waals surface area contributed by atoms with Crippen molar-refractivity contribution in [2.24, 2.45) is 0 Å². The summed E-state index contributed by atoms with van der Waals surface area (Å²) in [4.78, 5) is 2.12. The van der Waals surface area contributed by atoms with Crippen LogP contribution in [0.25, 0.3) is 0 Å². The first-order valence-corrected chi connectivity index (χ1v) is 7.50. The van der Waals surface area contributed by atoms with Gasteiger partial charge in [0, 0.05) is 31.5 Å². The van der Waals surface area contributed by atoms with Crippen molar-refractivity contribution in [3.8, 4) is 0 Å². The number of hydrogen-bond donors (Lipinski definition) is 1. The second kappa shape index (κ2) is 6.21. The van der Waals surface area contributed by atoms with Crippen molar-refractivity contribution >= 4 is 11.4 Å². The van der Waals surface area contributed by atoms with Gasteiger partial charge in [0.1, 0.15) is 0 Å². The van der Waals surface area contributed by atoms with Gasteiger partial charge in [-0.25, -0.2) is 0 Å². The molecule has 0 aliphatic rings. The van der Waals surface area contributed by atoms with Crippen LogP contribution in [-0.2, 0) is 0 Å². The maximum atomic E-state index is 3.66. The first kappa shape index (κ1) is 15.4. The molecule has 2 heteroatoms. The summed E-state index contributed by atoms with van der Waals surface area (Å²) in [5, 5.41) is 3.66. The Morgan fingerprint density at radius 3 is 1.90 bits per heavy atom. The van der Waals surface area contributed by atoms with Gasteiger partial charge in [-0.05, 0) is 56.5 Å². The Morgan fingerprint density at radius 2 is 1.43 bits per heavy atom. The van der Waals surface area contributed by atoms with Crippen molar-refractivity contribution in [2.45, 2.75) is 33.7 Å². The van der Waals surface area contributed by atoms with Crippen molar-refractivity contribution in [3.05, 3.63) is 58.7 Å². The molecule has 21 heavy (non-hydrogen) atoms. The Labute approximate surface area is 128 Å². The van der Waals surface area contributed by atoms with E-state index in [9.17, 15) is 0 Å². The molecule has 112 valence electrons. The molecule has 0 aromatic heterocycles. The topological polar surface area (TPSA) is 15.3 Å². The smallest absolute Gasteiger partial charge is 0.0485 e. The Hall–Kier alpha value is -1.96. The monoisotopic (exact) mass is 282 g/mol. The van der Waals surface area contributed by atoms with Gasteiger partial charge in [0.2, 0.25) is 0 Å². The van der Waals surface area contributed by atoms with Gasteiger partial charge in [0.15, 0.2) is 0 Å². The van der Waals surface area contributed by atoms with Crippen LogP contribution in [0.1, 0.15) is 35.2 Å². The molecular formula is C19H26N2. The van der Waals surface area contributed by atoms with Gasteiger partial charge in [0.25, 0.3) is 0 Å². The molecule has 0 radical (unpaired) electrons. The maximum absolute atomic E-state index is 3.66. The summed E-state index contributed by atoms with van der Waals surface area (Å²) in [6, 6.07) is 13.5. The molecule has 2 rings (SSSR count). The standard InChI is InChI=1S/C19H26N2/c1-13-11-14(2)19(15(3)12-13)20-16(4)17-7-9-18(10-8-17)21(5)6/h7-12,16,20H,1-6H3. The molecule has 0 fully saturated rings. The Kier molecular flexibility index (Phi) is 4.56. The van der Waals surface area contributed by atoms with Crippen LogP contribution >= 0.6 is 0 Å². The number of aryl methyl sites for hydroxylation is 3. The van der Waals surface area contributed by atoms with E-state index in [4.69, 9.17) is 0 Å². The molecular weight excluding hydrogens is 256 g/mol. The minimum atomic E-state index is 0.293. The Balaban J connectivity index is 2.20. The van der Waals surface area contributed by atoms with E-state index in [1.54, 1.807) is 0 Å². The summed E-state index contributed by atoms with van der Waals surface area (Å²) in [6.45, 7) is 8.70. The van der Waals surface area contributed by atoms with Crippen LogP contribution in [-0.4, -0.2) is 14.1 Å². The predicted octanol–water partition coefficient (Wildman–Crippen LogP) is 4.85. The van der Waals surface area contributed by atoms with Crippen molar-refractivity contribution in [1.82, 2.24) is 0 Å². The van der Waals surface area contributed by atoms with E-state index in [0.29, 0.717) is 6.04 Å². The van der Waals surface area contributed by atoms with Gasteiger partial charge in [0.05, 0.1) is 0 Å². The fourth-order valence-corrected chi connectivity index (χ4v) is 2.77. The molecule has 2 aromatic carbocycles. The average molecular weight is 282 g/mol. The van der Waals surface area contributed by atoms with Gasteiger partial charge >= 0.3 is 0 Å². The molecule has 0 amide bonds. The summed E-state index contributed by atoms with van der Waals surface area (Å²) < 4.78 is 0. The summed E-state index contributed by atoms with van der Waals surface area (Å²) in [5.41, 5.74) is 7.73. The molecule has 0 saturated heterocycles. The van der Waals surface area contributed by atoms with Gasteiger partial charge in [-0.3, -0.25) is 0 Å². The van der Waals surface area contributed by atoms with Crippen LogP contribution in [0, 0.1) is 20.8 Å². The van der Waals surface area contributed by atoms with E-state index < -0.39 is 0 Å². The highest BCUT2D eigenvalue weighted by molar-refractivity contribution is 5.59. The Bertz CT molecular complexity index is 589. The largest absolute Gasteiger partial charge is 0.378 e. The van der Waals surface area contributed by atoms with E-state index in [2.05, 4.69) is 88.4 Å². The lowest BCUT2D eigenvalue weighted by Crippen LogP contribution is -2.11. The number of nitrogens with one attached hydrogen (secondary N) is 1. The number of benzene rings is 2. The number of anilines is 2. The van der Waals surface area contributed by atoms with Crippen LogP contribution in [0.5, 0.6) is 0 Å². The molecule has 1 N–H and O–H groups in total. The van der Waals surface area contributed by atoms with Gasteiger partial charge in [-0.2, -0.15) is 0 Å². The maximum Gasteiger partial charge on any atom is 0.0485 e. The quantitative estimate of drug-likeness (QED) is 0.862. The number of nitrogens with zero attached hydrogens (tertiary/aromatic N) is 1. The van der Waals surface area contributed by atoms with Crippen LogP contribution in [0.4, 0.5) is 11.4 Å². The van der Waals surface area contributed by atoms with Gasteiger partial charge < -0.3 is 10.2 Å². The van der Waals surface area contributed by atoms with E-state index in [1.807, 2.05) is 0 Å². The zero-order valence-corrected chi connectivity index (χ0v) is 14.0. The summed E-state index contributed by atoms with van der Waals surface area (Å²) >= 11 is 0. The van der Waals surface area contributed by atoms with E-state index >= 15 is 0 Å². The molecule has 1 atom stereocenters. The molecule has 0 saturated carbocycles. The number of rotatable bonds is 4. The molecule has 0 spiro atoms. The highest BCUT2D eigenvalue weighted by atomic mass is 15.1. The van der Waals surface area contributed by atoms with E-state index in [-0.39, 0.29) is 0 Å². The zero-order valence-electron chi connectivity index (χ0n) is 14.0. The summed E-state index contributed by atoms with van der Waals surface area (Å²) in [7, 11) is 4.13. The van der Waals surface area contributed by atoms with Gasteiger partial charge in [-0.1, -0.05) is 29.8 Å². The second-order valence-corrected chi connectivity index (χ2v) is 6.13. The molecule has 1 unspecified atom stereocenters. The van der Waals surface area contributed by atoms with E-state index in [1.165, 1.54) is 33.6 Å². The van der Waals surface area contributed by atoms with Crippen LogP contribution in [0.3, 0.4) is 0 Å².